The Bertz CT molecular complexity index is 46.9. The van der Waals surface area contributed by atoms with Gasteiger partial charge in [0.1, 0.15) is 0 Å². The highest BCUT2D eigenvalue weighted by molar-refractivity contribution is 5.85. The quantitative estimate of drug-likeness (QED) is 0.470. The standard InChI is InChI=1S/C7H17NO.ClH/c1-2-3-4-5-6-7-8-9;/h8-9H,2-7H2,1H3;1H. The van der Waals surface area contributed by atoms with Crippen molar-refractivity contribution in [3.8, 4) is 0 Å². The van der Waals surface area contributed by atoms with E-state index >= 15 is 0 Å². The molecule has 0 amide bonds. The van der Waals surface area contributed by atoms with Crippen LogP contribution in [0.5, 0.6) is 0 Å². The van der Waals surface area contributed by atoms with E-state index in [2.05, 4.69) is 12.4 Å². The third-order valence-corrected chi connectivity index (χ3v) is 1.39. The van der Waals surface area contributed by atoms with Gasteiger partial charge in [-0.25, -0.2) is 5.48 Å². The smallest absolute Gasteiger partial charge is 0.0207 e. The predicted molar refractivity (Wildman–Crippen MR) is 45.8 cm³/mol. The van der Waals surface area contributed by atoms with Crippen LogP contribution >= 0.6 is 12.4 Å². The number of unbranched alkanes of at least 4 members (excludes halogenated alkanes) is 4. The molecule has 0 heterocycles. The fraction of sp³-hybridized carbons (Fsp3) is 1.00. The first kappa shape index (κ1) is 12.8. The van der Waals surface area contributed by atoms with Gasteiger partial charge in [-0.15, -0.1) is 12.4 Å². The van der Waals surface area contributed by atoms with Crippen molar-refractivity contribution in [2.75, 3.05) is 6.54 Å². The van der Waals surface area contributed by atoms with Crippen LogP contribution in [0.15, 0.2) is 0 Å². The molecule has 2 N–H and O–H groups in total. The average molecular weight is 168 g/mol. The van der Waals surface area contributed by atoms with Crippen molar-refractivity contribution in [3.05, 3.63) is 0 Å². The summed E-state index contributed by atoms with van der Waals surface area (Å²) >= 11 is 0. The summed E-state index contributed by atoms with van der Waals surface area (Å²) in [6.45, 7) is 2.94. The number of hydrogen-bond acceptors (Lipinski definition) is 2. The lowest BCUT2D eigenvalue weighted by Crippen LogP contribution is -2.07. The Balaban J connectivity index is 0. The van der Waals surface area contributed by atoms with E-state index in [0.717, 1.165) is 13.0 Å². The topological polar surface area (TPSA) is 32.3 Å². The highest BCUT2D eigenvalue weighted by atomic mass is 35.5. The minimum absolute atomic E-state index is 0. The molecule has 0 aliphatic heterocycles. The third kappa shape index (κ3) is 11.1. The van der Waals surface area contributed by atoms with Gasteiger partial charge in [-0.05, 0) is 6.42 Å². The molecule has 0 radical (unpaired) electrons. The van der Waals surface area contributed by atoms with Crippen molar-refractivity contribution >= 4 is 12.4 Å². The summed E-state index contributed by atoms with van der Waals surface area (Å²) in [5.41, 5.74) is 2.14. The van der Waals surface area contributed by atoms with Crippen molar-refractivity contribution < 1.29 is 5.21 Å². The molecule has 0 saturated carbocycles. The molecule has 0 bridgehead atoms. The Morgan fingerprint density at radius 2 is 1.70 bits per heavy atom. The highest BCUT2D eigenvalue weighted by Gasteiger charge is 1.85. The zero-order chi connectivity index (χ0) is 6.95. The number of halogens is 1. The monoisotopic (exact) mass is 167 g/mol. The van der Waals surface area contributed by atoms with Crippen molar-refractivity contribution in [3.63, 3.8) is 0 Å². The molecule has 64 valence electrons. The van der Waals surface area contributed by atoms with Crippen LogP contribution in [-0.2, 0) is 0 Å². The summed E-state index contributed by atoms with van der Waals surface area (Å²) < 4.78 is 0. The van der Waals surface area contributed by atoms with Gasteiger partial charge in [0.25, 0.3) is 0 Å². The molecular weight excluding hydrogens is 150 g/mol. The Hall–Kier alpha value is 0.210. The Labute approximate surface area is 69.4 Å². The lowest BCUT2D eigenvalue weighted by molar-refractivity contribution is 0.164. The molecular formula is C7H18ClNO. The van der Waals surface area contributed by atoms with E-state index in [1.807, 2.05) is 0 Å². The van der Waals surface area contributed by atoms with E-state index in [1.54, 1.807) is 0 Å². The maximum atomic E-state index is 8.17. The van der Waals surface area contributed by atoms with Crippen LogP contribution in [0.4, 0.5) is 0 Å². The number of rotatable bonds is 6. The van der Waals surface area contributed by atoms with E-state index < -0.39 is 0 Å². The number of hydroxylamine groups is 1. The van der Waals surface area contributed by atoms with Gasteiger partial charge in [0, 0.05) is 6.54 Å². The maximum absolute atomic E-state index is 8.17. The minimum Gasteiger partial charge on any atom is -0.317 e. The van der Waals surface area contributed by atoms with Crippen molar-refractivity contribution in [1.29, 1.82) is 0 Å². The van der Waals surface area contributed by atoms with Crippen molar-refractivity contribution in [1.82, 2.24) is 5.48 Å². The molecule has 0 aliphatic rings. The molecule has 0 aromatic carbocycles. The van der Waals surface area contributed by atoms with E-state index in [0.29, 0.717) is 0 Å². The van der Waals surface area contributed by atoms with Gasteiger partial charge >= 0.3 is 0 Å². The fourth-order valence-electron chi connectivity index (χ4n) is 0.808. The molecule has 0 rings (SSSR count). The van der Waals surface area contributed by atoms with Crippen LogP contribution in [0.3, 0.4) is 0 Å². The van der Waals surface area contributed by atoms with Gasteiger partial charge in [0.05, 0.1) is 0 Å². The van der Waals surface area contributed by atoms with Crippen LogP contribution < -0.4 is 5.48 Å². The largest absolute Gasteiger partial charge is 0.317 e. The van der Waals surface area contributed by atoms with E-state index in [9.17, 15) is 0 Å². The van der Waals surface area contributed by atoms with Gasteiger partial charge in [-0.1, -0.05) is 32.6 Å². The summed E-state index contributed by atoms with van der Waals surface area (Å²) in [5.74, 6) is 0. The van der Waals surface area contributed by atoms with Crippen LogP contribution in [-0.4, -0.2) is 11.8 Å². The molecule has 10 heavy (non-hydrogen) atoms. The fourth-order valence-corrected chi connectivity index (χ4v) is 0.808. The number of nitrogens with one attached hydrogen (secondary N) is 1. The molecule has 0 spiro atoms. The van der Waals surface area contributed by atoms with E-state index in [4.69, 9.17) is 5.21 Å². The summed E-state index contributed by atoms with van der Waals surface area (Å²) in [4.78, 5) is 0. The zero-order valence-electron chi connectivity index (χ0n) is 6.60. The second kappa shape index (κ2) is 11.9. The molecule has 3 heteroatoms. The SMILES string of the molecule is CCCCCCCNO.Cl. The number of hydrogen-bond donors (Lipinski definition) is 2. The normalized spacial score (nSPS) is 9.00. The zero-order valence-corrected chi connectivity index (χ0v) is 7.41. The Morgan fingerprint density at radius 3 is 2.20 bits per heavy atom. The molecule has 0 aromatic heterocycles. The summed E-state index contributed by atoms with van der Waals surface area (Å²) in [5, 5.41) is 8.17. The Kier molecular flexibility index (Phi) is 15.3. The highest BCUT2D eigenvalue weighted by Crippen LogP contribution is 2.00. The summed E-state index contributed by atoms with van der Waals surface area (Å²) in [6, 6.07) is 0. The summed E-state index contributed by atoms with van der Waals surface area (Å²) in [7, 11) is 0. The molecule has 0 atom stereocenters. The van der Waals surface area contributed by atoms with Crippen LogP contribution in [0.2, 0.25) is 0 Å². The van der Waals surface area contributed by atoms with Crippen molar-refractivity contribution in [2.45, 2.75) is 39.0 Å². The second-order valence-corrected chi connectivity index (χ2v) is 2.32. The lowest BCUT2D eigenvalue weighted by atomic mass is 10.2. The molecule has 0 aromatic rings. The Morgan fingerprint density at radius 1 is 1.10 bits per heavy atom. The van der Waals surface area contributed by atoms with Crippen molar-refractivity contribution in [2.24, 2.45) is 0 Å². The molecule has 0 fully saturated rings. The van der Waals surface area contributed by atoms with Gasteiger partial charge in [0.15, 0.2) is 0 Å². The first-order valence-corrected chi connectivity index (χ1v) is 3.78. The molecule has 2 nitrogen and oxygen atoms in total. The minimum atomic E-state index is 0. The van der Waals surface area contributed by atoms with Gasteiger partial charge < -0.3 is 5.21 Å². The van der Waals surface area contributed by atoms with Crippen LogP contribution in [0.1, 0.15) is 39.0 Å². The summed E-state index contributed by atoms with van der Waals surface area (Å²) in [6.07, 6.45) is 6.24. The van der Waals surface area contributed by atoms with Gasteiger partial charge in [-0.2, -0.15) is 0 Å². The first-order valence-electron chi connectivity index (χ1n) is 3.78. The van der Waals surface area contributed by atoms with Gasteiger partial charge in [0.2, 0.25) is 0 Å². The van der Waals surface area contributed by atoms with E-state index in [1.165, 1.54) is 25.7 Å². The maximum Gasteiger partial charge on any atom is 0.0207 e. The van der Waals surface area contributed by atoms with Gasteiger partial charge in [-0.3, -0.25) is 0 Å². The van der Waals surface area contributed by atoms with Crippen LogP contribution in [0, 0.1) is 0 Å². The van der Waals surface area contributed by atoms with E-state index in [-0.39, 0.29) is 12.4 Å². The molecule has 0 unspecified atom stereocenters. The second-order valence-electron chi connectivity index (χ2n) is 2.32. The predicted octanol–water partition coefficient (Wildman–Crippen LogP) is 2.36. The van der Waals surface area contributed by atoms with Crippen LogP contribution in [0.25, 0.3) is 0 Å². The lowest BCUT2D eigenvalue weighted by Gasteiger charge is -1.96. The first-order chi connectivity index (χ1) is 4.41. The molecule has 0 saturated heterocycles. The third-order valence-electron chi connectivity index (χ3n) is 1.39. The average Bonchev–Trinajstić information content (AvgIpc) is 1.89. The molecule has 0 aliphatic carbocycles.